The van der Waals surface area contributed by atoms with Crippen LogP contribution in [0.5, 0.6) is 0 Å². The van der Waals surface area contributed by atoms with Crippen molar-refractivity contribution in [3.63, 3.8) is 0 Å². The smallest absolute Gasteiger partial charge is 0.410 e. The highest BCUT2D eigenvalue weighted by atomic mass is 28.4. The van der Waals surface area contributed by atoms with Gasteiger partial charge in [-0.3, -0.25) is 4.79 Å². The topological polar surface area (TPSA) is 65.1 Å². The highest BCUT2D eigenvalue weighted by Gasteiger charge is 2.42. The monoisotopic (exact) mass is 421 g/mol. The van der Waals surface area contributed by atoms with Gasteiger partial charge in [-0.25, -0.2) is 4.79 Å². The molecule has 0 radical (unpaired) electrons. The van der Waals surface area contributed by atoms with Gasteiger partial charge in [-0.1, -0.05) is 51.1 Å². The fraction of sp³-hybridized carbons (Fsp3) is 0.636. The van der Waals surface area contributed by atoms with E-state index in [4.69, 9.17) is 13.9 Å². The molecule has 0 saturated carbocycles. The van der Waals surface area contributed by atoms with Crippen LogP contribution in [0.3, 0.4) is 0 Å². The number of methoxy groups -OCH3 is 1. The van der Waals surface area contributed by atoms with Crippen LogP contribution in [0.2, 0.25) is 18.1 Å². The average molecular weight is 422 g/mol. The zero-order chi connectivity index (χ0) is 21.7. The van der Waals surface area contributed by atoms with Crippen LogP contribution in [0.15, 0.2) is 30.3 Å². The lowest BCUT2D eigenvalue weighted by molar-refractivity contribution is -0.142. The van der Waals surface area contributed by atoms with Crippen LogP contribution in [-0.2, 0) is 25.3 Å². The maximum Gasteiger partial charge on any atom is 0.410 e. The molecule has 0 aliphatic carbocycles. The number of amides is 1. The fourth-order valence-corrected chi connectivity index (χ4v) is 4.58. The van der Waals surface area contributed by atoms with Gasteiger partial charge < -0.3 is 18.8 Å². The van der Waals surface area contributed by atoms with Gasteiger partial charge >= 0.3 is 12.1 Å². The van der Waals surface area contributed by atoms with E-state index in [2.05, 4.69) is 33.9 Å². The van der Waals surface area contributed by atoms with Crippen molar-refractivity contribution < 1.29 is 23.5 Å². The highest BCUT2D eigenvalue weighted by molar-refractivity contribution is 6.74. The van der Waals surface area contributed by atoms with Crippen molar-refractivity contribution in [2.24, 2.45) is 0 Å². The molecule has 1 aliphatic rings. The normalized spacial score (nSPS) is 20.3. The second kappa shape index (κ2) is 9.76. The number of rotatable bonds is 6. The lowest BCUT2D eigenvalue weighted by Crippen LogP contribution is -2.54. The third-order valence-corrected chi connectivity index (χ3v) is 10.5. The van der Waals surface area contributed by atoms with Crippen LogP contribution in [0, 0.1) is 0 Å². The van der Waals surface area contributed by atoms with Crippen molar-refractivity contribution in [3.8, 4) is 0 Å². The van der Waals surface area contributed by atoms with E-state index in [1.807, 2.05) is 30.3 Å². The molecule has 7 heteroatoms. The van der Waals surface area contributed by atoms with Gasteiger partial charge in [0.2, 0.25) is 0 Å². The molecule has 1 aromatic rings. The number of benzene rings is 1. The molecule has 1 fully saturated rings. The molecule has 2 rings (SSSR count). The molecule has 29 heavy (non-hydrogen) atoms. The predicted molar refractivity (Wildman–Crippen MR) is 115 cm³/mol. The first-order valence-corrected chi connectivity index (χ1v) is 13.2. The van der Waals surface area contributed by atoms with Crippen molar-refractivity contribution >= 4 is 20.4 Å². The molecule has 1 amide bonds. The van der Waals surface area contributed by atoms with Crippen molar-refractivity contribution in [1.29, 1.82) is 0 Å². The van der Waals surface area contributed by atoms with E-state index in [9.17, 15) is 9.59 Å². The molecule has 1 aliphatic heterocycles. The largest absolute Gasteiger partial charge is 0.469 e. The molecule has 2 unspecified atom stereocenters. The molecule has 2 atom stereocenters. The molecule has 0 aromatic heterocycles. The SMILES string of the molecule is COC(=O)CC1CCC(O[Si](C)(C)C(C)(C)C)CN1C(=O)OCc1ccccc1. The van der Waals surface area contributed by atoms with Gasteiger partial charge in [0.15, 0.2) is 8.32 Å². The van der Waals surface area contributed by atoms with Crippen molar-refractivity contribution in [1.82, 2.24) is 4.90 Å². The fourth-order valence-electron chi connectivity index (χ4n) is 3.20. The summed E-state index contributed by atoms with van der Waals surface area (Å²) in [5.41, 5.74) is 0.927. The molecule has 0 N–H and O–H groups in total. The van der Waals surface area contributed by atoms with Gasteiger partial charge in [0.1, 0.15) is 6.61 Å². The standard InChI is InChI=1S/C22H35NO5Si/c1-22(2,3)29(5,6)28-19-13-12-18(14-20(24)26-4)23(15-19)21(25)27-16-17-10-8-7-9-11-17/h7-11,18-19H,12-16H2,1-6H3. The highest BCUT2D eigenvalue weighted by Crippen LogP contribution is 2.38. The number of hydrogen-bond acceptors (Lipinski definition) is 5. The minimum atomic E-state index is -1.96. The van der Waals surface area contributed by atoms with E-state index < -0.39 is 14.4 Å². The van der Waals surface area contributed by atoms with E-state index in [1.165, 1.54) is 7.11 Å². The Balaban J connectivity index is 2.08. The van der Waals surface area contributed by atoms with E-state index in [-0.39, 0.29) is 36.2 Å². The average Bonchev–Trinajstić information content (AvgIpc) is 2.66. The first kappa shape index (κ1) is 23.4. The minimum Gasteiger partial charge on any atom is -0.469 e. The van der Waals surface area contributed by atoms with Crippen LogP contribution in [0.25, 0.3) is 0 Å². The molecule has 1 saturated heterocycles. The van der Waals surface area contributed by atoms with Gasteiger partial charge in [0.25, 0.3) is 0 Å². The third-order valence-electron chi connectivity index (χ3n) is 6.00. The van der Waals surface area contributed by atoms with Gasteiger partial charge in [-0.15, -0.1) is 0 Å². The Morgan fingerprint density at radius 3 is 2.38 bits per heavy atom. The van der Waals surface area contributed by atoms with Crippen LogP contribution in [-0.4, -0.2) is 51.1 Å². The summed E-state index contributed by atoms with van der Waals surface area (Å²) in [4.78, 5) is 26.4. The number of hydrogen-bond donors (Lipinski definition) is 0. The molecule has 1 heterocycles. The first-order valence-electron chi connectivity index (χ1n) is 10.3. The maximum absolute atomic E-state index is 12.9. The van der Waals surface area contributed by atoms with E-state index in [0.29, 0.717) is 13.0 Å². The third kappa shape index (κ3) is 6.57. The Morgan fingerprint density at radius 1 is 1.14 bits per heavy atom. The Kier molecular flexibility index (Phi) is 7.88. The van der Waals surface area contributed by atoms with Crippen LogP contribution in [0.1, 0.15) is 45.6 Å². The number of nitrogens with zero attached hydrogens (tertiary/aromatic N) is 1. The number of esters is 1. The molecule has 1 aromatic carbocycles. The first-order chi connectivity index (χ1) is 13.5. The van der Waals surface area contributed by atoms with Gasteiger partial charge in [-0.05, 0) is 36.5 Å². The summed E-state index contributed by atoms with van der Waals surface area (Å²) >= 11 is 0. The summed E-state index contributed by atoms with van der Waals surface area (Å²) < 4.78 is 16.9. The molecule has 6 nitrogen and oxygen atoms in total. The second-order valence-corrected chi connectivity index (χ2v) is 14.0. The summed E-state index contributed by atoms with van der Waals surface area (Å²) in [6.45, 7) is 11.7. The number of carbonyl (C=O) groups excluding carboxylic acids is 2. The summed E-state index contributed by atoms with van der Waals surface area (Å²) in [5, 5.41) is 0.0918. The summed E-state index contributed by atoms with van der Waals surface area (Å²) in [5.74, 6) is -0.320. The van der Waals surface area contributed by atoms with Crippen LogP contribution < -0.4 is 0 Å². The Bertz CT molecular complexity index is 686. The van der Waals surface area contributed by atoms with E-state index in [1.54, 1.807) is 4.90 Å². The van der Waals surface area contributed by atoms with Gasteiger partial charge in [0, 0.05) is 12.6 Å². The van der Waals surface area contributed by atoms with Crippen molar-refractivity contribution in [2.45, 2.75) is 76.9 Å². The van der Waals surface area contributed by atoms with Crippen molar-refractivity contribution in [2.75, 3.05) is 13.7 Å². The molecule has 162 valence electrons. The number of carbonyl (C=O) groups is 2. The summed E-state index contributed by atoms with van der Waals surface area (Å²) in [6, 6.07) is 9.34. The molecular weight excluding hydrogens is 386 g/mol. The molecular formula is C22H35NO5Si. The Hall–Kier alpha value is -1.86. The number of ether oxygens (including phenoxy) is 2. The van der Waals surface area contributed by atoms with E-state index >= 15 is 0 Å². The quantitative estimate of drug-likeness (QED) is 0.490. The van der Waals surface area contributed by atoms with Gasteiger partial charge in [0.05, 0.1) is 19.6 Å². The number of piperidine rings is 1. The zero-order valence-corrected chi connectivity index (χ0v) is 19.6. The lowest BCUT2D eigenvalue weighted by atomic mass is 9.98. The second-order valence-electron chi connectivity index (χ2n) is 9.20. The molecule has 0 spiro atoms. The van der Waals surface area contributed by atoms with E-state index in [0.717, 1.165) is 12.0 Å². The zero-order valence-electron chi connectivity index (χ0n) is 18.6. The van der Waals surface area contributed by atoms with Crippen LogP contribution in [0.4, 0.5) is 4.79 Å². The van der Waals surface area contributed by atoms with Gasteiger partial charge in [-0.2, -0.15) is 0 Å². The summed E-state index contributed by atoms with van der Waals surface area (Å²) in [7, 11) is -0.591. The maximum atomic E-state index is 12.9. The Labute approximate surface area is 175 Å². The van der Waals surface area contributed by atoms with Crippen molar-refractivity contribution in [3.05, 3.63) is 35.9 Å². The predicted octanol–water partition coefficient (Wildman–Crippen LogP) is 4.74. The minimum absolute atomic E-state index is 0.0472. The Morgan fingerprint density at radius 2 is 1.79 bits per heavy atom. The summed E-state index contributed by atoms with van der Waals surface area (Å²) in [6.07, 6.45) is 1.22. The molecule has 0 bridgehead atoms. The van der Waals surface area contributed by atoms with Crippen LogP contribution >= 0.6 is 0 Å². The number of likely N-dealkylation sites (tertiary alicyclic amines) is 1. The lowest BCUT2D eigenvalue weighted by Gasteiger charge is -2.44.